The van der Waals surface area contributed by atoms with E-state index in [-0.39, 0.29) is 48.1 Å². The summed E-state index contributed by atoms with van der Waals surface area (Å²) in [6.45, 7) is 12.0. The van der Waals surface area contributed by atoms with Crippen LogP contribution in [-0.4, -0.2) is 79.7 Å². The summed E-state index contributed by atoms with van der Waals surface area (Å²) in [5.41, 5.74) is -2.18. The first-order valence-corrected chi connectivity index (χ1v) is 19.2. The van der Waals surface area contributed by atoms with Crippen LogP contribution in [0.25, 0.3) is 0 Å². The van der Waals surface area contributed by atoms with Crippen molar-refractivity contribution in [2.45, 2.75) is 197 Å². The van der Waals surface area contributed by atoms with E-state index in [9.17, 15) is 24.9 Å². The van der Waals surface area contributed by atoms with Crippen molar-refractivity contribution in [3.8, 4) is 0 Å². The molecule has 4 heterocycles. The van der Waals surface area contributed by atoms with Crippen molar-refractivity contribution in [2.75, 3.05) is 0 Å². The van der Waals surface area contributed by atoms with E-state index in [1.165, 1.54) is 11.1 Å². The molecule has 0 spiro atoms. The Morgan fingerprint density at radius 2 is 1.22 bits per heavy atom. The number of hydrogen-bond donors (Lipinski definition) is 3. The van der Waals surface area contributed by atoms with Crippen LogP contribution >= 0.6 is 0 Å². The van der Waals surface area contributed by atoms with Crippen LogP contribution in [0.5, 0.6) is 0 Å². The van der Waals surface area contributed by atoms with Crippen molar-refractivity contribution in [2.24, 2.45) is 17.8 Å². The third-order valence-electron chi connectivity index (χ3n) is 13.6. The molecule has 0 radical (unpaired) electrons. The molecular formula is C40H62O9. The first kappa shape index (κ1) is 37.0. The van der Waals surface area contributed by atoms with Gasteiger partial charge in [0.2, 0.25) is 0 Å². The lowest BCUT2D eigenvalue weighted by atomic mass is 9.69. The molecule has 3 N–H and O–H groups in total. The Hall–Kier alpha value is -1.78. The van der Waals surface area contributed by atoms with Crippen LogP contribution in [0, 0.1) is 17.8 Å². The molecule has 6 rings (SSSR count). The van der Waals surface area contributed by atoms with Crippen molar-refractivity contribution in [3.05, 3.63) is 23.3 Å². The quantitative estimate of drug-likeness (QED) is 0.175. The normalized spacial score (nSPS) is 48.2. The lowest BCUT2D eigenvalue weighted by Crippen LogP contribution is -2.58. The fourth-order valence-corrected chi connectivity index (χ4v) is 9.43. The smallest absolute Gasteiger partial charge is 0.338 e. The maximum atomic E-state index is 13.9. The van der Waals surface area contributed by atoms with Crippen LogP contribution in [0.4, 0.5) is 0 Å². The molecule has 12 atom stereocenters. The van der Waals surface area contributed by atoms with Crippen LogP contribution < -0.4 is 0 Å². The predicted molar refractivity (Wildman–Crippen MR) is 184 cm³/mol. The molecule has 0 saturated carbocycles. The number of hydrogen-bond acceptors (Lipinski definition) is 9. The zero-order valence-corrected chi connectivity index (χ0v) is 30.8. The molecule has 4 fully saturated rings. The monoisotopic (exact) mass is 686 g/mol. The summed E-state index contributed by atoms with van der Waals surface area (Å²) in [5, 5.41) is 35.3. The van der Waals surface area contributed by atoms with Gasteiger partial charge in [0, 0.05) is 5.92 Å². The molecule has 6 aliphatic rings. The number of aliphatic hydroxyl groups is 3. The number of rotatable bonds is 3. The van der Waals surface area contributed by atoms with Gasteiger partial charge in [-0.25, -0.2) is 4.79 Å². The van der Waals surface area contributed by atoms with Crippen LogP contribution in [0.3, 0.4) is 0 Å². The van der Waals surface area contributed by atoms with Crippen molar-refractivity contribution in [1.29, 1.82) is 0 Å². The van der Waals surface area contributed by atoms with Crippen molar-refractivity contribution in [1.82, 2.24) is 0 Å². The summed E-state index contributed by atoms with van der Waals surface area (Å²) in [6.07, 6.45) is 13.4. The summed E-state index contributed by atoms with van der Waals surface area (Å²) < 4.78 is 24.3. The highest BCUT2D eigenvalue weighted by atomic mass is 16.6. The van der Waals surface area contributed by atoms with Gasteiger partial charge in [0.15, 0.2) is 5.60 Å². The van der Waals surface area contributed by atoms with Crippen LogP contribution in [-0.2, 0) is 28.5 Å². The van der Waals surface area contributed by atoms with Gasteiger partial charge in [-0.1, -0.05) is 23.3 Å². The van der Waals surface area contributed by atoms with Gasteiger partial charge in [0.25, 0.3) is 0 Å². The number of carbonyl (C=O) groups excluding carboxylic acids is 2. The largest absolute Gasteiger partial charge is 0.459 e. The van der Waals surface area contributed by atoms with E-state index in [2.05, 4.69) is 39.8 Å². The molecule has 4 bridgehead atoms. The molecular weight excluding hydrogens is 624 g/mol. The molecule has 0 aromatic heterocycles. The zero-order valence-electron chi connectivity index (χ0n) is 30.8. The van der Waals surface area contributed by atoms with E-state index < -0.39 is 46.8 Å². The summed E-state index contributed by atoms with van der Waals surface area (Å²) >= 11 is 0. The maximum Gasteiger partial charge on any atom is 0.338 e. The Balaban J connectivity index is 1.20. The highest BCUT2D eigenvalue weighted by molar-refractivity contribution is 5.81. The van der Waals surface area contributed by atoms with Crippen molar-refractivity contribution in [3.63, 3.8) is 0 Å². The standard InChI is InChI=1S/C40H62O9/c1-25-9-7-18-36(3,43)32-23-27(15-20-38(5)30(48-38)13-11-25)29(34(41)46-32)17-22-40(45)28-16-21-39(6)31(49-39)14-12-26(2)10-8-19-37(4,44)33(24-28)47-35(40)42/h9-10,27-33,43-45H,7-8,11-24H2,1-6H3. The second-order valence-corrected chi connectivity index (χ2v) is 17.7. The van der Waals surface area contributed by atoms with Gasteiger partial charge < -0.3 is 34.3 Å². The fourth-order valence-electron chi connectivity index (χ4n) is 9.43. The average Bonchev–Trinajstić information content (AvgIpc) is 3.90. The second kappa shape index (κ2) is 13.6. The van der Waals surface area contributed by atoms with E-state index in [4.69, 9.17) is 18.9 Å². The molecule has 0 aromatic rings. The average molecular weight is 687 g/mol. The van der Waals surface area contributed by atoms with Gasteiger partial charge in [-0.2, -0.15) is 0 Å². The van der Waals surface area contributed by atoms with E-state index >= 15 is 0 Å². The van der Waals surface area contributed by atoms with Gasteiger partial charge >= 0.3 is 11.9 Å². The Morgan fingerprint density at radius 1 is 0.694 bits per heavy atom. The molecule has 2 aliphatic carbocycles. The van der Waals surface area contributed by atoms with Crippen molar-refractivity contribution >= 4 is 11.9 Å². The van der Waals surface area contributed by atoms with Gasteiger partial charge in [-0.15, -0.1) is 0 Å². The van der Waals surface area contributed by atoms with E-state index in [1.807, 2.05) is 0 Å². The molecule has 276 valence electrons. The minimum atomic E-state index is -1.80. The van der Waals surface area contributed by atoms with Crippen LogP contribution in [0.2, 0.25) is 0 Å². The summed E-state index contributed by atoms with van der Waals surface area (Å²) in [4.78, 5) is 27.7. The van der Waals surface area contributed by atoms with Crippen molar-refractivity contribution < 1.29 is 43.9 Å². The molecule has 0 amide bonds. The Bertz CT molecular complexity index is 1320. The Labute approximate surface area is 293 Å². The molecule has 49 heavy (non-hydrogen) atoms. The first-order valence-electron chi connectivity index (χ1n) is 19.2. The third-order valence-corrected chi connectivity index (χ3v) is 13.6. The molecule has 4 saturated heterocycles. The highest BCUT2D eigenvalue weighted by Gasteiger charge is 2.58. The number of allylic oxidation sites excluding steroid dienone is 4. The fraction of sp³-hybridized carbons (Fsp3) is 0.850. The van der Waals surface area contributed by atoms with E-state index in [0.29, 0.717) is 51.4 Å². The predicted octanol–water partition coefficient (Wildman–Crippen LogP) is 6.40. The first-order chi connectivity index (χ1) is 22.9. The lowest BCUT2D eigenvalue weighted by molar-refractivity contribution is -0.215. The maximum absolute atomic E-state index is 13.9. The van der Waals surface area contributed by atoms with Gasteiger partial charge in [0.05, 0.1) is 40.5 Å². The third kappa shape index (κ3) is 8.01. The van der Waals surface area contributed by atoms with Crippen LogP contribution in [0.15, 0.2) is 23.3 Å². The van der Waals surface area contributed by atoms with Crippen LogP contribution in [0.1, 0.15) is 144 Å². The summed E-state index contributed by atoms with van der Waals surface area (Å²) in [5.74, 6) is -2.16. The number of esters is 2. The summed E-state index contributed by atoms with van der Waals surface area (Å²) in [7, 11) is 0. The number of ether oxygens (including phenoxy) is 4. The van der Waals surface area contributed by atoms with Gasteiger partial charge in [-0.3, -0.25) is 4.79 Å². The minimum Gasteiger partial charge on any atom is -0.459 e. The molecule has 9 nitrogen and oxygen atoms in total. The number of fused-ring (bicyclic) bond motifs is 6. The van der Waals surface area contributed by atoms with E-state index in [1.54, 1.807) is 13.8 Å². The van der Waals surface area contributed by atoms with Gasteiger partial charge in [-0.05, 0) is 150 Å². The topological polar surface area (TPSA) is 138 Å². The number of epoxide rings is 2. The SMILES string of the molecule is CC1=CCCC(C)(O)C2CC(CCC3(C)OC3CC1)C(CCC1(O)C(=O)OC3CC1CCC1(C)OC1CCC(C)=CCCC3(C)O)C(=O)O2. The molecule has 12 unspecified atom stereocenters. The van der Waals surface area contributed by atoms with E-state index in [0.717, 1.165) is 38.5 Å². The molecule has 0 aromatic carbocycles. The highest BCUT2D eigenvalue weighted by Crippen LogP contribution is 2.50. The second-order valence-electron chi connectivity index (χ2n) is 17.7. The Kier molecular flexibility index (Phi) is 10.3. The minimum absolute atomic E-state index is 0.0616. The Morgan fingerprint density at radius 3 is 1.80 bits per heavy atom. The number of carbonyl (C=O) groups is 2. The zero-order chi connectivity index (χ0) is 35.4. The van der Waals surface area contributed by atoms with Gasteiger partial charge in [0.1, 0.15) is 12.2 Å². The molecule has 4 aliphatic heterocycles. The summed E-state index contributed by atoms with van der Waals surface area (Å²) in [6, 6.07) is 0. The lowest BCUT2D eigenvalue weighted by Gasteiger charge is -2.46. The molecule has 9 heteroatoms.